The van der Waals surface area contributed by atoms with Gasteiger partial charge in [-0.25, -0.2) is 0 Å². The Morgan fingerprint density at radius 2 is 2.00 bits per heavy atom. The molecule has 1 saturated carbocycles. The number of nitrogens with one attached hydrogen (secondary N) is 1. The maximum Gasteiger partial charge on any atom is 0.220 e. The van der Waals surface area contributed by atoms with Gasteiger partial charge < -0.3 is 19.5 Å². The second kappa shape index (κ2) is 10.5. The molecule has 0 unspecified atom stereocenters. The lowest BCUT2D eigenvalue weighted by Crippen LogP contribution is -2.23. The first-order chi connectivity index (χ1) is 13.2. The zero-order chi connectivity index (χ0) is 18.9. The zero-order valence-corrected chi connectivity index (χ0v) is 16.5. The van der Waals surface area contributed by atoms with Gasteiger partial charge in [0.2, 0.25) is 5.91 Å². The Balaban J connectivity index is 1.42. The maximum atomic E-state index is 12.1. The highest BCUT2D eigenvalue weighted by atomic mass is 16.5. The molecule has 27 heavy (non-hydrogen) atoms. The van der Waals surface area contributed by atoms with Crippen molar-refractivity contribution in [1.29, 1.82) is 0 Å². The third kappa shape index (κ3) is 6.42. The van der Waals surface area contributed by atoms with E-state index >= 15 is 0 Å². The third-order valence-corrected chi connectivity index (χ3v) is 5.67. The number of ether oxygens (including phenoxy) is 3. The summed E-state index contributed by atoms with van der Waals surface area (Å²) in [5.41, 5.74) is 1.02. The fraction of sp³-hybridized carbons (Fsp3) is 0.682. The van der Waals surface area contributed by atoms with Crippen LogP contribution in [0.4, 0.5) is 0 Å². The van der Waals surface area contributed by atoms with Gasteiger partial charge in [0.15, 0.2) is 11.5 Å². The number of carbonyl (C=O) groups is 1. The molecule has 0 radical (unpaired) electrons. The molecule has 5 heteroatoms. The molecular weight excluding hydrogens is 342 g/mol. The fourth-order valence-corrected chi connectivity index (χ4v) is 4.00. The second-order valence-corrected chi connectivity index (χ2v) is 7.75. The van der Waals surface area contributed by atoms with Gasteiger partial charge in [0.25, 0.3) is 0 Å². The van der Waals surface area contributed by atoms with Crippen molar-refractivity contribution in [2.45, 2.75) is 70.4 Å². The Bertz CT molecular complexity index is 592. The SMILES string of the molecule is COc1cc(CNC(=O)CCC2CCCCC2)ccc1OC[C@@H]1CCCO1. The van der Waals surface area contributed by atoms with Crippen molar-refractivity contribution in [3.05, 3.63) is 23.8 Å². The van der Waals surface area contributed by atoms with E-state index in [0.717, 1.165) is 43.1 Å². The van der Waals surface area contributed by atoms with E-state index in [1.165, 1.54) is 32.1 Å². The van der Waals surface area contributed by atoms with Gasteiger partial charge in [-0.2, -0.15) is 0 Å². The van der Waals surface area contributed by atoms with E-state index in [1.54, 1.807) is 7.11 Å². The Kier molecular flexibility index (Phi) is 7.81. The third-order valence-electron chi connectivity index (χ3n) is 5.67. The number of amides is 1. The largest absolute Gasteiger partial charge is 0.493 e. The van der Waals surface area contributed by atoms with Gasteiger partial charge in [0.05, 0.1) is 13.2 Å². The number of carbonyl (C=O) groups excluding carboxylic acids is 1. The molecule has 5 nitrogen and oxygen atoms in total. The van der Waals surface area contributed by atoms with Crippen LogP contribution in [0.2, 0.25) is 0 Å². The lowest BCUT2D eigenvalue weighted by molar-refractivity contribution is -0.121. The van der Waals surface area contributed by atoms with Crippen molar-refractivity contribution in [2.24, 2.45) is 5.92 Å². The topological polar surface area (TPSA) is 56.8 Å². The molecular formula is C22H33NO4. The Morgan fingerprint density at radius 3 is 2.74 bits per heavy atom. The Morgan fingerprint density at radius 1 is 1.15 bits per heavy atom. The summed E-state index contributed by atoms with van der Waals surface area (Å²) in [6.45, 7) is 1.89. The summed E-state index contributed by atoms with van der Waals surface area (Å²) in [6.07, 6.45) is 10.6. The van der Waals surface area contributed by atoms with Gasteiger partial charge in [-0.15, -0.1) is 0 Å². The van der Waals surface area contributed by atoms with Crippen LogP contribution in [0.25, 0.3) is 0 Å². The molecule has 1 aliphatic carbocycles. The zero-order valence-electron chi connectivity index (χ0n) is 16.5. The molecule has 1 aromatic carbocycles. The predicted octanol–water partition coefficient (Wildman–Crippen LogP) is 4.23. The summed E-state index contributed by atoms with van der Waals surface area (Å²) in [6, 6.07) is 5.83. The van der Waals surface area contributed by atoms with Crippen molar-refractivity contribution in [2.75, 3.05) is 20.3 Å². The van der Waals surface area contributed by atoms with Crippen molar-refractivity contribution >= 4 is 5.91 Å². The first kappa shape index (κ1) is 20.0. The molecule has 0 spiro atoms. The first-order valence-electron chi connectivity index (χ1n) is 10.4. The normalized spacial score (nSPS) is 20.4. The van der Waals surface area contributed by atoms with E-state index in [1.807, 2.05) is 18.2 Å². The van der Waals surface area contributed by atoms with E-state index in [0.29, 0.717) is 25.3 Å². The predicted molar refractivity (Wildman–Crippen MR) is 105 cm³/mol. The van der Waals surface area contributed by atoms with Crippen molar-refractivity contribution in [3.63, 3.8) is 0 Å². The molecule has 1 aromatic rings. The molecule has 3 rings (SSSR count). The molecule has 1 amide bonds. The molecule has 0 aromatic heterocycles. The van der Waals surface area contributed by atoms with Gasteiger partial charge in [0.1, 0.15) is 6.61 Å². The van der Waals surface area contributed by atoms with E-state index in [9.17, 15) is 4.79 Å². The Hall–Kier alpha value is -1.75. The summed E-state index contributed by atoms with van der Waals surface area (Å²) in [4.78, 5) is 12.1. The molecule has 0 bridgehead atoms. The summed E-state index contributed by atoms with van der Waals surface area (Å²) in [5.74, 6) is 2.30. The fourth-order valence-electron chi connectivity index (χ4n) is 4.00. The molecule has 1 aliphatic heterocycles. The molecule has 1 saturated heterocycles. The first-order valence-corrected chi connectivity index (χ1v) is 10.4. The lowest BCUT2D eigenvalue weighted by Gasteiger charge is -2.21. The Labute approximate surface area is 162 Å². The average Bonchev–Trinajstić information content (AvgIpc) is 3.24. The summed E-state index contributed by atoms with van der Waals surface area (Å²) in [5, 5.41) is 3.03. The van der Waals surface area contributed by atoms with Crippen LogP contribution in [0.5, 0.6) is 11.5 Å². The van der Waals surface area contributed by atoms with Crippen LogP contribution in [-0.4, -0.2) is 32.3 Å². The molecule has 2 aliphatic rings. The molecule has 1 atom stereocenters. The van der Waals surface area contributed by atoms with E-state index < -0.39 is 0 Å². The minimum absolute atomic E-state index is 0.137. The maximum absolute atomic E-state index is 12.1. The lowest BCUT2D eigenvalue weighted by atomic mass is 9.86. The highest BCUT2D eigenvalue weighted by Crippen LogP contribution is 2.29. The van der Waals surface area contributed by atoms with Crippen molar-refractivity contribution < 1.29 is 19.0 Å². The summed E-state index contributed by atoms with van der Waals surface area (Å²) in [7, 11) is 1.64. The molecule has 2 fully saturated rings. The van der Waals surface area contributed by atoms with Gasteiger partial charge in [-0.1, -0.05) is 38.2 Å². The standard InChI is InChI=1S/C22H33NO4/c1-25-21-14-18(9-11-20(21)27-16-19-8-5-13-26-19)15-23-22(24)12-10-17-6-3-2-4-7-17/h9,11,14,17,19H,2-8,10,12-13,15-16H2,1H3,(H,23,24)/t19-/m0/s1. The quantitative estimate of drug-likeness (QED) is 0.702. The minimum atomic E-state index is 0.137. The number of methoxy groups -OCH3 is 1. The molecule has 150 valence electrons. The molecule has 1 N–H and O–H groups in total. The summed E-state index contributed by atoms with van der Waals surface area (Å²) < 4.78 is 16.9. The summed E-state index contributed by atoms with van der Waals surface area (Å²) >= 11 is 0. The average molecular weight is 376 g/mol. The number of rotatable bonds is 9. The van der Waals surface area contributed by atoms with Gasteiger partial charge in [0, 0.05) is 19.6 Å². The van der Waals surface area contributed by atoms with Crippen LogP contribution in [-0.2, 0) is 16.1 Å². The monoisotopic (exact) mass is 375 g/mol. The number of hydrogen-bond acceptors (Lipinski definition) is 4. The van der Waals surface area contributed by atoms with E-state index in [-0.39, 0.29) is 12.0 Å². The minimum Gasteiger partial charge on any atom is -0.493 e. The van der Waals surface area contributed by atoms with Gasteiger partial charge in [-0.05, 0) is 42.9 Å². The number of hydrogen-bond donors (Lipinski definition) is 1. The van der Waals surface area contributed by atoms with Crippen LogP contribution >= 0.6 is 0 Å². The smallest absolute Gasteiger partial charge is 0.220 e. The highest BCUT2D eigenvalue weighted by Gasteiger charge is 2.17. The van der Waals surface area contributed by atoms with Gasteiger partial charge in [-0.3, -0.25) is 4.79 Å². The van der Waals surface area contributed by atoms with Crippen LogP contribution in [0.15, 0.2) is 18.2 Å². The second-order valence-electron chi connectivity index (χ2n) is 7.75. The van der Waals surface area contributed by atoms with Crippen molar-refractivity contribution in [1.82, 2.24) is 5.32 Å². The van der Waals surface area contributed by atoms with Crippen LogP contribution in [0.1, 0.15) is 63.4 Å². The van der Waals surface area contributed by atoms with Crippen LogP contribution < -0.4 is 14.8 Å². The van der Waals surface area contributed by atoms with Crippen LogP contribution in [0.3, 0.4) is 0 Å². The van der Waals surface area contributed by atoms with Crippen molar-refractivity contribution in [3.8, 4) is 11.5 Å². The van der Waals surface area contributed by atoms with E-state index in [4.69, 9.17) is 14.2 Å². The van der Waals surface area contributed by atoms with Gasteiger partial charge >= 0.3 is 0 Å². The van der Waals surface area contributed by atoms with E-state index in [2.05, 4.69) is 5.32 Å². The molecule has 1 heterocycles. The number of benzene rings is 1. The van der Waals surface area contributed by atoms with Crippen LogP contribution in [0, 0.1) is 5.92 Å². The highest BCUT2D eigenvalue weighted by molar-refractivity contribution is 5.75.